The predicted octanol–water partition coefficient (Wildman–Crippen LogP) is 3.39. The molecule has 3 fully saturated rings. The molecule has 0 saturated heterocycles. The fourth-order valence-electron chi connectivity index (χ4n) is 6.40. The first kappa shape index (κ1) is 16.0. The van der Waals surface area contributed by atoms with Crippen molar-refractivity contribution >= 4 is 11.6 Å². The van der Waals surface area contributed by atoms with Crippen molar-refractivity contribution < 1.29 is 14.7 Å². The van der Waals surface area contributed by atoms with Gasteiger partial charge < -0.3 is 5.11 Å². The molecule has 5 atom stereocenters. The van der Waals surface area contributed by atoms with Crippen molar-refractivity contribution in [2.75, 3.05) is 6.61 Å². The van der Waals surface area contributed by atoms with Crippen LogP contribution in [0, 0.1) is 28.6 Å². The van der Waals surface area contributed by atoms with Crippen molar-refractivity contribution in [2.24, 2.45) is 28.6 Å². The van der Waals surface area contributed by atoms with E-state index in [1.165, 1.54) is 0 Å². The molecular weight excluding hydrogens is 300 g/mol. The van der Waals surface area contributed by atoms with E-state index in [0.29, 0.717) is 30.0 Å². The number of ketones is 2. The molecule has 0 aliphatic heterocycles. The highest BCUT2D eigenvalue weighted by Crippen LogP contribution is 2.65. The van der Waals surface area contributed by atoms with E-state index in [-0.39, 0.29) is 23.2 Å². The summed E-state index contributed by atoms with van der Waals surface area (Å²) in [5, 5.41) is 9.94. The first-order valence-corrected chi connectivity index (χ1v) is 9.12. The zero-order valence-electron chi connectivity index (χ0n) is 14.6. The molecule has 1 N–H and O–H groups in total. The molecule has 4 aliphatic rings. The topological polar surface area (TPSA) is 54.4 Å². The van der Waals surface area contributed by atoms with Crippen LogP contribution in [0.25, 0.3) is 0 Å². The van der Waals surface area contributed by atoms with Crippen molar-refractivity contribution in [1.82, 2.24) is 0 Å². The Labute approximate surface area is 143 Å². The number of carbonyl (C=O) groups excluding carboxylic acids is 2. The van der Waals surface area contributed by atoms with E-state index in [1.807, 2.05) is 0 Å². The molecule has 4 rings (SSSR count). The van der Waals surface area contributed by atoms with Gasteiger partial charge in [0.2, 0.25) is 0 Å². The lowest BCUT2D eigenvalue weighted by molar-refractivity contribution is -0.131. The molecule has 0 amide bonds. The van der Waals surface area contributed by atoms with Crippen molar-refractivity contribution in [3.63, 3.8) is 0 Å². The molecule has 3 saturated carbocycles. The SMILES string of the molecule is C=C1C[C@@H]2[C@H](CC[C@]3(C)C(=O)CC[C@@H]23)[C@@]2(C)C(CO)=CC(=O)C=C12. The molecule has 0 heterocycles. The standard InChI is InChI=1S/C21H26O3/c1-12-8-15-16-4-5-19(24)20(16,2)7-6-17(15)21(3)13(11-22)9-14(23)10-18(12)21/h9-10,15-17,22H,1,4-8,11H2,2-3H3/t15-,16-,17-,20-,21+/m0/s1. The third-order valence-electron chi connectivity index (χ3n) is 7.75. The number of rotatable bonds is 1. The maximum atomic E-state index is 12.5. The minimum atomic E-state index is -0.310. The fraction of sp³-hybridized carbons (Fsp3) is 0.619. The lowest BCUT2D eigenvalue weighted by Gasteiger charge is -2.57. The van der Waals surface area contributed by atoms with Gasteiger partial charge in [0.25, 0.3) is 0 Å². The van der Waals surface area contributed by atoms with Crippen LogP contribution in [0.2, 0.25) is 0 Å². The molecule has 24 heavy (non-hydrogen) atoms. The van der Waals surface area contributed by atoms with Crippen LogP contribution in [0.3, 0.4) is 0 Å². The van der Waals surface area contributed by atoms with E-state index in [2.05, 4.69) is 20.4 Å². The summed E-state index contributed by atoms with van der Waals surface area (Å²) in [6.45, 7) is 8.53. The largest absolute Gasteiger partial charge is 0.392 e. The van der Waals surface area contributed by atoms with Gasteiger partial charge in [0.15, 0.2) is 5.78 Å². The van der Waals surface area contributed by atoms with Gasteiger partial charge in [0.1, 0.15) is 5.78 Å². The summed E-state index contributed by atoms with van der Waals surface area (Å²) in [5.74, 6) is 1.61. The van der Waals surface area contributed by atoms with Gasteiger partial charge in [-0.25, -0.2) is 0 Å². The molecule has 3 heteroatoms. The Bertz CT molecular complexity index is 713. The molecule has 0 aromatic carbocycles. The summed E-state index contributed by atoms with van der Waals surface area (Å²) in [6.07, 6.45) is 7.83. The van der Waals surface area contributed by atoms with Crippen molar-refractivity contribution in [3.8, 4) is 0 Å². The van der Waals surface area contributed by atoms with Gasteiger partial charge in [-0.2, -0.15) is 0 Å². The van der Waals surface area contributed by atoms with Crippen molar-refractivity contribution in [2.45, 2.75) is 46.0 Å². The number of aliphatic hydroxyl groups excluding tert-OH is 1. The smallest absolute Gasteiger partial charge is 0.179 e. The summed E-state index contributed by atoms with van der Waals surface area (Å²) in [4.78, 5) is 24.5. The number of carbonyl (C=O) groups is 2. The van der Waals surface area contributed by atoms with Gasteiger partial charge in [-0.1, -0.05) is 26.0 Å². The molecule has 3 nitrogen and oxygen atoms in total. The second kappa shape index (κ2) is 5.01. The van der Waals surface area contributed by atoms with Crippen LogP contribution < -0.4 is 0 Å². The van der Waals surface area contributed by atoms with Crippen LogP contribution in [0.1, 0.15) is 46.0 Å². The van der Waals surface area contributed by atoms with Crippen LogP contribution >= 0.6 is 0 Å². The summed E-state index contributed by atoms with van der Waals surface area (Å²) >= 11 is 0. The number of hydrogen-bond donors (Lipinski definition) is 1. The van der Waals surface area contributed by atoms with Crippen molar-refractivity contribution in [3.05, 3.63) is 35.5 Å². The Balaban J connectivity index is 1.81. The zero-order valence-corrected chi connectivity index (χ0v) is 14.6. The van der Waals surface area contributed by atoms with E-state index in [9.17, 15) is 14.7 Å². The van der Waals surface area contributed by atoms with Gasteiger partial charge >= 0.3 is 0 Å². The van der Waals surface area contributed by atoms with Gasteiger partial charge in [0, 0.05) is 17.3 Å². The lowest BCUT2D eigenvalue weighted by Crippen LogP contribution is -2.51. The second-order valence-electron chi connectivity index (χ2n) is 8.59. The van der Waals surface area contributed by atoms with Crippen LogP contribution in [0.5, 0.6) is 0 Å². The van der Waals surface area contributed by atoms with E-state index < -0.39 is 0 Å². The van der Waals surface area contributed by atoms with Gasteiger partial charge in [-0.05, 0) is 66.7 Å². The third-order valence-corrected chi connectivity index (χ3v) is 7.75. The van der Waals surface area contributed by atoms with Crippen LogP contribution in [-0.2, 0) is 9.59 Å². The minimum absolute atomic E-state index is 0.0391. The lowest BCUT2D eigenvalue weighted by atomic mass is 9.46. The van der Waals surface area contributed by atoms with Gasteiger partial charge in [0.05, 0.1) is 6.61 Å². The van der Waals surface area contributed by atoms with Crippen molar-refractivity contribution in [1.29, 1.82) is 0 Å². The molecule has 0 unspecified atom stereocenters. The maximum absolute atomic E-state index is 12.5. The molecule has 0 spiro atoms. The highest BCUT2D eigenvalue weighted by atomic mass is 16.3. The average molecular weight is 326 g/mol. The summed E-state index contributed by atoms with van der Waals surface area (Å²) < 4.78 is 0. The molecule has 128 valence electrons. The van der Waals surface area contributed by atoms with Gasteiger partial charge in [-0.15, -0.1) is 0 Å². The highest BCUT2D eigenvalue weighted by molar-refractivity contribution is 6.02. The molecule has 0 radical (unpaired) electrons. The van der Waals surface area contributed by atoms with E-state index in [4.69, 9.17) is 0 Å². The van der Waals surface area contributed by atoms with Crippen LogP contribution in [-0.4, -0.2) is 23.3 Å². The molecule has 4 aliphatic carbocycles. The van der Waals surface area contributed by atoms with E-state index in [0.717, 1.165) is 42.4 Å². The Morgan fingerprint density at radius 2 is 1.96 bits per heavy atom. The molecule has 0 bridgehead atoms. The molecular formula is C21H26O3. The fourth-order valence-corrected chi connectivity index (χ4v) is 6.40. The number of aliphatic hydroxyl groups is 1. The van der Waals surface area contributed by atoms with E-state index >= 15 is 0 Å². The number of fused-ring (bicyclic) bond motifs is 5. The Hall–Kier alpha value is -1.48. The first-order valence-electron chi connectivity index (χ1n) is 9.12. The normalized spacial score (nSPS) is 44.5. The first-order chi connectivity index (χ1) is 11.3. The maximum Gasteiger partial charge on any atom is 0.179 e. The summed E-state index contributed by atoms with van der Waals surface area (Å²) in [7, 11) is 0. The third kappa shape index (κ3) is 1.82. The number of hydrogen-bond acceptors (Lipinski definition) is 3. The van der Waals surface area contributed by atoms with Crippen LogP contribution in [0.4, 0.5) is 0 Å². The van der Waals surface area contributed by atoms with E-state index in [1.54, 1.807) is 12.2 Å². The number of Topliss-reactive ketones (excluding diaryl/α,β-unsaturated/α-hetero) is 1. The summed E-state index contributed by atoms with van der Waals surface area (Å²) in [5.41, 5.74) is 2.39. The Kier molecular flexibility index (Phi) is 3.34. The second-order valence-corrected chi connectivity index (χ2v) is 8.59. The Morgan fingerprint density at radius 1 is 1.21 bits per heavy atom. The monoisotopic (exact) mass is 326 g/mol. The highest BCUT2D eigenvalue weighted by Gasteiger charge is 2.60. The molecule has 0 aromatic rings. The number of allylic oxidation sites excluding steroid dienone is 4. The van der Waals surface area contributed by atoms with Crippen LogP contribution in [0.15, 0.2) is 35.5 Å². The minimum Gasteiger partial charge on any atom is -0.392 e. The summed E-state index contributed by atoms with van der Waals surface area (Å²) in [6, 6.07) is 0. The Morgan fingerprint density at radius 3 is 2.67 bits per heavy atom. The average Bonchev–Trinajstić information content (AvgIpc) is 2.84. The quantitative estimate of drug-likeness (QED) is 0.803. The predicted molar refractivity (Wildman–Crippen MR) is 92.2 cm³/mol. The molecule has 0 aromatic heterocycles. The zero-order chi connectivity index (χ0) is 17.3. The van der Waals surface area contributed by atoms with Gasteiger partial charge in [-0.3, -0.25) is 9.59 Å².